The minimum Gasteiger partial charge on any atom is -0.481 e. The first-order chi connectivity index (χ1) is 8.66. The lowest BCUT2D eigenvalue weighted by Crippen LogP contribution is -2.34. The van der Waals surface area contributed by atoms with Crippen LogP contribution >= 0.6 is 0 Å². The van der Waals surface area contributed by atoms with Crippen LogP contribution in [0.15, 0.2) is 4.52 Å². The molecular formula is C12H19N3O3. The van der Waals surface area contributed by atoms with E-state index in [4.69, 9.17) is 9.63 Å². The zero-order valence-corrected chi connectivity index (χ0v) is 10.6. The van der Waals surface area contributed by atoms with Crippen molar-refractivity contribution in [2.24, 2.45) is 11.8 Å². The first-order valence-corrected chi connectivity index (χ1v) is 6.39. The molecule has 0 saturated heterocycles. The second kappa shape index (κ2) is 5.95. The van der Waals surface area contributed by atoms with Crippen molar-refractivity contribution in [1.82, 2.24) is 15.5 Å². The predicted molar refractivity (Wildman–Crippen MR) is 63.8 cm³/mol. The first-order valence-electron chi connectivity index (χ1n) is 6.39. The minimum absolute atomic E-state index is 0.210. The van der Waals surface area contributed by atoms with Crippen molar-refractivity contribution in [1.29, 1.82) is 0 Å². The van der Waals surface area contributed by atoms with Crippen molar-refractivity contribution >= 4 is 5.97 Å². The third kappa shape index (κ3) is 3.29. The van der Waals surface area contributed by atoms with Crippen LogP contribution in [0.3, 0.4) is 0 Å². The van der Waals surface area contributed by atoms with Gasteiger partial charge in [0.2, 0.25) is 5.89 Å². The number of rotatable bonds is 5. The maximum Gasteiger partial charge on any atom is 0.306 e. The van der Waals surface area contributed by atoms with E-state index in [-0.39, 0.29) is 11.8 Å². The molecule has 2 atom stereocenters. The summed E-state index contributed by atoms with van der Waals surface area (Å²) in [5, 5.41) is 16.2. The Hall–Kier alpha value is -1.43. The number of nitrogens with one attached hydrogen (secondary N) is 1. The monoisotopic (exact) mass is 253 g/mol. The molecule has 0 aliphatic heterocycles. The number of aromatic nitrogens is 2. The second-order valence-corrected chi connectivity index (χ2v) is 4.85. The highest BCUT2D eigenvalue weighted by Gasteiger charge is 2.30. The smallest absolute Gasteiger partial charge is 0.306 e. The highest BCUT2D eigenvalue weighted by atomic mass is 16.5. The summed E-state index contributed by atoms with van der Waals surface area (Å²) in [6.45, 7) is 2.98. The molecule has 2 unspecified atom stereocenters. The van der Waals surface area contributed by atoms with Gasteiger partial charge in [-0.1, -0.05) is 18.0 Å². The maximum absolute atomic E-state index is 11.1. The molecule has 0 bridgehead atoms. The predicted octanol–water partition coefficient (Wildman–Crippen LogP) is 1.36. The lowest BCUT2D eigenvalue weighted by atomic mass is 9.79. The SMILES string of the molecule is Cc1nc(CNCC2CCCCC2C(=O)O)no1. The molecule has 0 aromatic carbocycles. The molecule has 1 heterocycles. The van der Waals surface area contributed by atoms with Crippen LogP contribution in [0.25, 0.3) is 0 Å². The van der Waals surface area contributed by atoms with Gasteiger partial charge in [0.1, 0.15) is 0 Å². The summed E-state index contributed by atoms with van der Waals surface area (Å²) in [5.41, 5.74) is 0. The van der Waals surface area contributed by atoms with Gasteiger partial charge in [-0.2, -0.15) is 4.98 Å². The van der Waals surface area contributed by atoms with Gasteiger partial charge in [0.15, 0.2) is 5.82 Å². The molecule has 6 heteroatoms. The molecule has 1 saturated carbocycles. The molecule has 2 rings (SSSR count). The molecule has 1 aliphatic carbocycles. The van der Waals surface area contributed by atoms with Crippen molar-refractivity contribution in [3.05, 3.63) is 11.7 Å². The van der Waals surface area contributed by atoms with Gasteiger partial charge in [0.25, 0.3) is 0 Å². The van der Waals surface area contributed by atoms with Crippen LogP contribution in [-0.2, 0) is 11.3 Å². The third-order valence-electron chi connectivity index (χ3n) is 3.49. The Morgan fingerprint density at radius 3 is 2.94 bits per heavy atom. The van der Waals surface area contributed by atoms with Gasteiger partial charge in [-0.05, 0) is 25.3 Å². The van der Waals surface area contributed by atoms with Crippen molar-refractivity contribution in [3.63, 3.8) is 0 Å². The fraction of sp³-hybridized carbons (Fsp3) is 0.750. The standard InChI is InChI=1S/C12H19N3O3/c1-8-14-11(15-18-8)7-13-6-9-4-2-3-5-10(9)12(16)17/h9-10,13H,2-7H2,1H3,(H,16,17). The molecule has 18 heavy (non-hydrogen) atoms. The molecule has 2 N–H and O–H groups in total. The molecule has 1 aromatic rings. The van der Waals surface area contributed by atoms with Gasteiger partial charge in [-0.25, -0.2) is 0 Å². The molecular weight excluding hydrogens is 234 g/mol. The molecule has 1 aromatic heterocycles. The van der Waals surface area contributed by atoms with E-state index in [0.29, 0.717) is 24.8 Å². The van der Waals surface area contributed by atoms with E-state index >= 15 is 0 Å². The van der Waals surface area contributed by atoms with Crippen molar-refractivity contribution < 1.29 is 14.4 Å². The Kier molecular flexibility index (Phi) is 4.30. The Morgan fingerprint density at radius 2 is 2.28 bits per heavy atom. The summed E-state index contributed by atoms with van der Waals surface area (Å²) < 4.78 is 4.87. The summed E-state index contributed by atoms with van der Waals surface area (Å²) in [6.07, 6.45) is 3.92. The number of carbonyl (C=O) groups is 1. The molecule has 6 nitrogen and oxygen atoms in total. The average molecular weight is 253 g/mol. The fourth-order valence-electron chi connectivity index (χ4n) is 2.56. The quantitative estimate of drug-likeness (QED) is 0.823. The van der Waals surface area contributed by atoms with Crippen LogP contribution in [-0.4, -0.2) is 27.8 Å². The number of aryl methyl sites for hydroxylation is 1. The van der Waals surface area contributed by atoms with E-state index in [1.165, 1.54) is 0 Å². The Balaban J connectivity index is 1.79. The average Bonchev–Trinajstić information content (AvgIpc) is 2.75. The second-order valence-electron chi connectivity index (χ2n) is 4.85. The molecule has 100 valence electrons. The lowest BCUT2D eigenvalue weighted by molar-refractivity contribution is -0.144. The molecule has 1 aliphatic rings. The summed E-state index contributed by atoms with van der Waals surface area (Å²) in [5.74, 6) is 0.502. The van der Waals surface area contributed by atoms with Crippen LogP contribution in [0, 0.1) is 18.8 Å². The molecule has 0 spiro atoms. The zero-order chi connectivity index (χ0) is 13.0. The van der Waals surface area contributed by atoms with E-state index in [2.05, 4.69) is 15.5 Å². The van der Waals surface area contributed by atoms with E-state index in [1.54, 1.807) is 6.92 Å². The van der Waals surface area contributed by atoms with Crippen LogP contribution in [0.2, 0.25) is 0 Å². The Bertz CT molecular complexity index is 405. The maximum atomic E-state index is 11.1. The highest BCUT2D eigenvalue weighted by Crippen LogP contribution is 2.29. The number of carboxylic acid groups (broad SMARTS) is 1. The molecule has 0 amide bonds. The highest BCUT2D eigenvalue weighted by molar-refractivity contribution is 5.70. The van der Waals surface area contributed by atoms with Crippen LogP contribution in [0.1, 0.15) is 37.4 Å². The number of hydrogen-bond donors (Lipinski definition) is 2. The lowest BCUT2D eigenvalue weighted by Gasteiger charge is -2.28. The molecule has 1 fully saturated rings. The number of hydrogen-bond acceptors (Lipinski definition) is 5. The Morgan fingerprint density at radius 1 is 1.50 bits per heavy atom. The summed E-state index contributed by atoms with van der Waals surface area (Å²) in [7, 11) is 0. The number of nitrogens with zero attached hydrogens (tertiary/aromatic N) is 2. The Labute approximate surface area is 106 Å². The summed E-state index contributed by atoms with van der Waals surface area (Å²) >= 11 is 0. The molecule has 0 radical (unpaired) electrons. The van der Waals surface area contributed by atoms with E-state index in [0.717, 1.165) is 25.7 Å². The van der Waals surface area contributed by atoms with Crippen molar-refractivity contribution in [2.45, 2.75) is 39.2 Å². The number of aliphatic carboxylic acids is 1. The van der Waals surface area contributed by atoms with E-state index < -0.39 is 5.97 Å². The normalized spacial score (nSPS) is 24.1. The van der Waals surface area contributed by atoms with Gasteiger partial charge in [-0.3, -0.25) is 4.79 Å². The summed E-state index contributed by atoms with van der Waals surface area (Å²) in [4.78, 5) is 15.2. The van der Waals surface area contributed by atoms with Gasteiger partial charge in [-0.15, -0.1) is 0 Å². The van der Waals surface area contributed by atoms with Crippen molar-refractivity contribution in [3.8, 4) is 0 Å². The van der Waals surface area contributed by atoms with Crippen molar-refractivity contribution in [2.75, 3.05) is 6.54 Å². The third-order valence-corrected chi connectivity index (χ3v) is 3.49. The largest absolute Gasteiger partial charge is 0.481 e. The van der Waals surface area contributed by atoms with Crippen LogP contribution < -0.4 is 5.32 Å². The first kappa shape index (κ1) is 13.0. The number of carboxylic acids is 1. The van der Waals surface area contributed by atoms with Crippen LogP contribution in [0.5, 0.6) is 0 Å². The van der Waals surface area contributed by atoms with Gasteiger partial charge in [0.05, 0.1) is 12.5 Å². The van der Waals surface area contributed by atoms with Crippen LogP contribution in [0.4, 0.5) is 0 Å². The van der Waals surface area contributed by atoms with Gasteiger partial charge < -0.3 is 14.9 Å². The van der Waals surface area contributed by atoms with Gasteiger partial charge in [0, 0.05) is 6.92 Å². The van der Waals surface area contributed by atoms with E-state index in [1.807, 2.05) is 0 Å². The summed E-state index contributed by atoms with van der Waals surface area (Å²) in [6, 6.07) is 0. The van der Waals surface area contributed by atoms with E-state index in [9.17, 15) is 4.79 Å². The fourth-order valence-corrected chi connectivity index (χ4v) is 2.56. The topological polar surface area (TPSA) is 88.2 Å². The zero-order valence-electron chi connectivity index (χ0n) is 10.6. The minimum atomic E-state index is -0.670. The van der Waals surface area contributed by atoms with Gasteiger partial charge >= 0.3 is 5.97 Å².